The summed E-state index contributed by atoms with van der Waals surface area (Å²) < 4.78 is 0. The van der Waals surface area contributed by atoms with Gasteiger partial charge in [-0.2, -0.15) is 0 Å². The first kappa shape index (κ1) is 8.85. The van der Waals surface area contributed by atoms with Crippen LogP contribution in [0.5, 0.6) is 0 Å². The molecule has 12 heavy (non-hydrogen) atoms. The van der Waals surface area contributed by atoms with E-state index in [2.05, 4.69) is 18.7 Å². The highest BCUT2D eigenvalue weighted by atomic mass is 14.5. The smallest absolute Gasteiger partial charge is 0.0316 e. The van der Waals surface area contributed by atoms with E-state index in [4.69, 9.17) is 5.73 Å². The van der Waals surface area contributed by atoms with Gasteiger partial charge >= 0.3 is 0 Å². The van der Waals surface area contributed by atoms with Gasteiger partial charge in [0, 0.05) is 5.70 Å². The Labute approximate surface area is 74.0 Å². The first-order valence-corrected chi connectivity index (χ1v) is 4.28. The molecule has 1 heteroatoms. The zero-order chi connectivity index (χ0) is 8.81. The molecule has 0 aliphatic heterocycles. The average molecular weight is 161 g/mol. The minimum Gasteiger partial charge on any atom is -0.399 e. The van der Waals surface area contributed by atoms with Crippen molar-refractivity contribution in [3.8, 4) is 0 Å². The van der Waals surface area contributed by atoms with Crippen LogP contribution in [0, 0.1) is 0 Å². The van der Waals surface area contributed by atoms with E-state index in [-0.39, 0.29) is 0 Å². The molecule has 0 fully saturated rings. The van der Waals surface area contributed by atoms with Crippen LogP contribution < -0.4 is 5.73 Å². The minimum absolute atomic E-state index is 0.784. The van der Waals surface area contributed by atoms with E-state index in [0.717, 1.165) is 24.1 Å². The highest BCUT2D eigenvalue weighted by Gasteiger charge is 1.88. The van der Waals surface area contributed by atoms with Crippen LogP contribution >= 0.6 is 0 Å². The van der Waals surface area contributed by atoms with Crippen LogP contribution in [0.15, 0.2) is 48.2 Å². The van der Waals surface area contributed by atoms with Crippen molar-refractivity contribution >= 4 is 0 Å². The fraction of sp³-hybridized carbons (Fsp3) is 0.273. The van der Waals surface area contributed by atoms with Gasteiger partial charge in [0.2, 0.25) is 0 Å². The summed E-state index contributed by atoms with van der Waals surface area (Å²) in [6, 6.07) is 0. The lowest BCUT2D eigenvalue weighted by Gasteiger charge is -1.97. The third-order valence-electron chi connectivity index (χ3n) is 1.74. The highest BCUT2D eigenvalue weighted by Crippen LogP contribution is 2.06. The van der Waals surface area contributed by atoms with Crippen molar-refractivity contribution in [1.29, 1.82) is 0 Å². The SMILES string of the molecule is C=C1C=C(N)/C=C\CCC/C=C\1. The predicted octanol–water partition coefficient (Wildman–Crippen LogP) is 2.68. The zero-order valence-corrected chi connectivity index (χ0v) is 7.29. The molecule has 0 unspecified atom stereocenters. The molecule has 0 amide bonds. The molecule has 0 spiro atoms. The molecular formula is C11H15N. The summed E-state index contributed by atoms with van der Waals surface area (Å²) in [6.45, 7) is 3.86. The summed E-state index contributed by atoms with van der Waals surface area (Å²) in [7, 11) is 0. The molecule has 0 heterocycles. The lowest BCUT2D eigenvalue weighted by molar-refractivity contribution is 0.866. The number of rotatable bonds is 0. The van der Waals surface area contributed by atoms with Crippen molar-refractivity contribution < 1.29 is 0 Å². The summed E-state index contributed by atoms with van der Waals surface area (Å²) in [6.07, 6.45) is 13.5. The lowest BCUT2D eigenvalue weighted by Crippen LogP contribution is -1.93. The second kappa shape index (κ2) is 4.60. The largest absolute Gasteiger partial charge is 0.399 e. The Morgan fingerprint density at radius 1 is 1.17 bits per heavy atom. The summed E-state index contributed by atoms with van der Waals surface area (Å²) >= 11 is 0. The molecule has 0 bridgehead atoms. The molecule has 1 aliphatic rings. The van der Waals surface area contributed by atoms with Gasteiger partial charge in [0.1, 0.15) is 0 Å². The third-order valence-corrected chi connectivity index (χ3v) is 1.74. The lowest BCUT2D eigenvalue weighted by atomic mass is 10.1. The first-order valence-electron chi connectivity index (χ1n) is 4.28. The summed E-state index contributed by atoms with van der Waals surface area (Å²) in [5.41, 5.74) is 7.45. The van der Waals surface area contributed by atoms with E-state index in [1.165, 1.54) is 6.42 Å². The first-order chi connectivity index (χ1) is 5.79. The van der Waals surface area contributed by atoms with Gasteiger partial charge in [-0.25, -0.2) is 0 Å². The Bertz CT molecular complexity index is 244. The molecule has 0 radical (unpaired) electrons. The van der Waals surface area contributed by atoms with E-state index >= 15 is 0 Å². The standard InChI is InChI=1S/C11H15N/c1-10-7-5-3-2-4-6-8-11(12)9-10/h5-9H,1-4,12H2/b7-5-,8-6-,11-9?. The van der Waals surface area contributed by atoms with Gasteiger partial charge in [-0.15, -0.1) is 0 Å². The molecule has 0 saturated carbocycles. The molecule has 1 aliphatic carbocycles. The van der Waals surface area contributed by atoms with Gasteiger partial charge in [-0.3, -0.25) is 0 Å². The molecule has 1 nitrogen and oxygen atoms in total. The van der Waals surface area contributed by atoms with Crippen molar-refractivity contribution in [2.75, 3.05) is 0 Å². The average Bonchev–Trinajstić information content (AvgIpc) is 2.02. The highest BCUT2D eigenvalue weighted by molar-refractivity contribution is 5.33. The predicted molar refractivity (Wildman–Crippen MR) is 53.5 cm³/mol. The third kappa shape index (κ3) is 3.24. The molecule has 0 aromatic carbocycles. The van der Waals surface area contributed by atoms with Crippen LogP contribution in [0.25, 0.3) is 0 Å². The number of hydrogen-bond acceptors (Lipinski definition) is 1. The van der Waals surface area contributed by atoms with Gasteiger partial charge < -0.3 is 5.73 Å². The monoisotopic (exact) mass is 161 g/mol. The van der Waals surface area contributed by atoms with E-state index in [1.807, 2.05) is 18.2 Å². The van der Waals surface area contributed by atoms with Crippen LogP contribution in [0.2, 0.25) is 0 Å². The van der Waals surface area contributed by atoms with Crippen molar-refractivity contribution in [2.45, 2.75) is 19.3 Å². The van der Waals surface area contributed by atoms with E-state index in [0.29, 0.717) is 0 Å². The second-order valence-electron chi connectivity index (χ2n) is 2.95. The molecule has 2 N–H and O–H groups in total. The molecule has 0 aromatic rings. The Morgan fingerprint density at radius 3 is 2.58 bits per heavy atom. The fourth-order valence-electron chi connectivity index (χ4n) is 1.12. The Balaban J connectivity index is 2.73. The quantitative estimate of drug-likeness (QED) is 0.580. The number of nitrogens with two attached hydrogens (primary N) is 1. The molecule has 0 aromatic heterocycles. The van der Waals surface area contributed by atoms with Gasteiger partial charge in [-0.1, -0.05) is 24.8 Å². The van der Waals surface area contributed by atoms with Gasteiger partial charge in [0.05, 0.1) is 0 Å². The molecule has 0 atom stereocenters. The second-order valence-corrected chi connectivity index (χ2v) is 2.95. The van der Waals surface area contributed by atoms with Crippen molar-refractivity contribution in [3.63, 3.8) is 0 Å². The van der Waals surface area contributed by atoms with Crippen LogP contribution in [-0.4, -0.2) is 0 Å². The Kier molecular flexibility index (Phi) is 3.39. The Morgan fingerprint density at radius 2 is 1.83 bits per heavy atom. The van der Waals surface area contributed by atoms with Crippen LogP contribution in [0.1, 0.15) is 19.3 Å². The number of allylic oxidation sites excluding steroid dienone is 6. The molecular weight excluding hydrogens is 146 g/mol. The number of hydrogen-bond donors (Lipinski definition) is 1. The summed E-state index contributed by atoms with van der Waals surface area (Å²) in [4.78, 5) is 0. The van der Waals surface area contributed by atoms with E-state index in [9.17, 15) is 0 Å². The summed E-state index contributed by atoms with van der Waals surface area (Å²) in [5.74, 6) is 0. The zero-order valence-electron chi connectivity index (χ0n) is 7.29. The maximum atomic E-state index is 5.69. The maximum Gasteiger partial charge on any atom is 0.0316 e. The maximum absolute atomic E-state index is 5.69. The van der Waals surface area contributed by atoms with Crippen LogP contribution in [-0.2, 0) is 0 Å². The Hall–Kier alpha value is -1.24. The summed E-state index contributed by atoms with van der Waals surface area (Å²) in [5, 5.41) is 0. The van der Waals surface area contributed by atoms with Crippen molar-refractivity contribution in [2.24, 2.45) is 5.73 Å². The van der Waals surface area contributed by atoms with Crippen molar-refractivity contribution in [3.05, 3.63) is 48.2 Å². The van der Waals surface area contributed by atoms with Crippen LogP contribution in [0.4, 0.5) is 0 Å². The molecule has 0 saturated heterocycles. The molecule has 1 rings (SSSR count). The normalized spacial score (nSPS) is 24.3. The topological polar surface area (TPSA) is 26.0 Å². The van der Waals surface area contributed by atoms with Crippen LogP contribution in [0.3, 0.4) is 0 Å². The van der Waals surface area contributed by atoms with E-state index < -0.39 is 0 Å². The van der Waals surface area contributed by atoms with Crippen molar-refractivity contribution in [1.82, 2.24) is 0 Å². The van der Waals surface area contributed by atoms with Gasteiger partial charge in [0.25, 0.3) is 0 Å². The molecule has 64 valence electrons. The van der Waals surface area contributed by atoms with Gasteiger partial charge in [-0.05, 0) is 37.0 Å². The fourth-order valence-corrected chi connectivity index (χ4v) is 1.12. The van der Waals surface area contributed by atoms with E-state index in [1.54, 1.807) is 0 Å². The minimum atomic E-state index is 0.784. The van der Waals surface area contributed by atoms with Gasteiger partial charge in [0.15, 0.2) is 0 Å².